The van der Waals surface area contributed by atoms with Gasteiger partial charge in [-0.2, -0.15) is 5.26 Å². The molecule has 1 saturated heterocycles. The lowest BCUT2D eigenvalue weighted by atomic mass is 9.94. The highest BCUT2D eigenvalue weighted by molar-refractivity contribution is 5.50. The van der Waals surface area contributed by atoms with Crippen LogP contribution in [0.4, 0.5) is 10.1 Å². The molecule has 2 rings (SSSR count). The van der Waals surface area contributed by atoms with E-state index in [2.05, 4.69) is 4.90 Å². The van der Waals surface area contributed by atoms with E-state index in [1.807, 2.05) is 6.07 Å². The Morgan fingerprint density at radius 1 is 1.50 bits per heavy atom. The third-order valence-electron chi connectivity index (χ3n) is 3.49. The van der Waals surface area contributed by atoms with Crippen molar-refractivity contribution >= 4 is 5.69 Å². The Hall–Kier alpha value is -1.60. The number of benzene rings is 1. The summed E-state index contributed by atoms with van der Waals surface area (Å²) in [5, 5.41) is 17.7. The van der Waals surface area contributed by atoms with Gasteiger partial charge in [0.25, 0.3) is 0 Å². The maximum Gasteiger partial charge on any atom is 0.143 e. The number of rotatable bonds is 3. The largest absolute Gasteiger partial charge is 0.396 e. The van der Waals surface area contributed by atoms with Gasteiger partial charge in [0.1, 0.15) is 11.9 Å². The lowest BCUT2D eigenvalue weighted by Gasteiger charge is -2.34. The fourth-order valence-corrected chi connectivity index (χ4v) is 2.51. The van der Waals surface area contributed by atoms with Gasteiger partial charge in [0.05, 0.1) is 5.56 Å². The van der Waals surface area contributed by atoms with Crippen molar-refractivity contribution in [3.05, 3.63) is 29.6 Å². The minimum atomic E-state index is -0.459. The second-order valence-corrected chi connectivity index (χ2v) is 4.74. The zero-order valence-electron chi connectivity index (χ0n) is 10.3. The minimum absolute atomic E-state index is 0.0858. The van der Waals surface area contributed by atoms with E-state index < -0.39 is 5.82 Å². The first-order valence-electron chi connectivity index (χ1n) is 6.30. The van der Waals surface area contributed by atoms with Gasteiger partial charge in [-0.05, 0) is 43.4 Å². The van der Waals surface area contributed by atoms with Crippen LogP contribution >= 0.6 is 0 Å². The van der Waals surface area contributed by atoms with Gasteiger partial charge in [-0.3, -0.25) is 0 Å². The average Bonchev–Trinajstić information content (AvgIpc) is 2.39. The number of nitrogens with zero attached hydrogens (tertiary/aromatic N) is 2. The van der Waals surface area contributed by atoms with Crippen molar-refractivity contribution in [2.45, 2.75) is 19.3 Å². The SMILES string of the molecule is N#Cc1ccc(N2CCCC(CCO)C2)cc1F. The van der Waals surface area contributed by atoms with Crippen LogP contribution in [-0.2, 0) is 0 Å². The molecule has 1 aromatic carbocycles. The number of piperidine rings is 1. The van der Waals surface area contributed by atoms with Gasteiger partial charge >= 0.3 is 0 Å². The minimum Gasteiger partial charge on any atom is -0.396 e. The second-order valence-electron chi connectivity index (χ2n) is 4.74. The molecule has 0 saturated carbocycles. The average molecular weight is 248 g/mol. The zero-order valence-corrected chi connectivity index (χ0v) is 10.3. The van der Waals surface area contributed by atoms with Gasteiger partial charge in [-0.1, -0.05) is 0 Å². The Bertz CT molecular complexity index is 454. The van der Waals surface area contributed by atoms with Crippen LogP contribution in [0.1, 0.15) is 24.8 Å². The summed E-state index contributed by atoms with van der Waals surface area (Å²) in [7, 11) is 0. The topological polar surface area (TPSA) is 47.3 Å². The summed E-state index contributed by atoms with van der Waals surface area (Å²) in [6.07, 6.45) is 2.98. The smallest absolute Gasteiger partial charge is 0.143 e. The van der Waals surface area contributed by atoms with Crippen molar-refractivity contribution < 1.29 is 9.50 Å². The number of anilines is 1. The molecule has 0 spiro atoms. The molecule has 96 valence electrons. The van der Waals surface area contributed by atoms with Crippen molar-refractivity contribution in [2.24, 2.45) is 5.92 Å². The van der Waals surface area contributed by atoms with E-state index >= 15 is 0 Å². The van der Waals surface area contributed by atoms with Crippen LogP contribution in [0.25, 0.3) is 0 Å². The molecule has 0 radical (unpaired) electrons. The fourth-order valence-electron chi connectivity index (χ4n) is 2.51. The quantitative estimate of drug-likeness (QED) is 0.892. The monoisotopic (exact) mass is 248 g/mol. The molecule has 1 atom stereocenters. The summed E-state index contributed by atoms with van der Waals surface area (Å²) >= 11 is 0. The predicted molar refractivity (Wildman–Crippen MR) is 67.8 cm³/mol. The van der Waals surface area contributed by atoms with Gasteiger partial charge in [0.2, 0.25) is 0 Å². The van der Waals surface area contributed by atoms with Gasteiger partial charge < -0.3 is 10.0 Å². The Balaban J connectivity index is 2.11. The Labute approximate surface area is 106 Å². The summed E-state index contributed by atoms with van der Waals surface area (Å²) in [6.45, 7) is 1.97. The molecule has 4 heteroatoms. The lowest BCUT2D eigenvalue weighted by Crippen LogP contribution is -2.35. The second kappa shape index (κ2) is 5.83. The van der Waals surface area contributed by atoms with Gasteiger partial charge in [-0.15, -0.1) is 0 Å². The van der Waals surface area contributed by atoms with Crippen LogP contribution in [0.3, 0.4) is 0 Å². The first kappa shape index (κ1) is 12.8. The van der Waals surface area contributed by atoms with Gasteiger partial charge in [-0.25, -0.2) is 4.39 Å². The van der Waals surface area contributed by atoms with E-state index in [-0.39, 0.29) is 12.2 Å². The van der Waals surface area contributed by atoms with E-state index in [0.717, 1.165) is 38.0 Å². The van der Waals surface area contributed by atoms with Crippen molar-refractivity contribution in [2.75, 3.05) is 24.6 Å². The number of aliphatic hydroxyl groups excluding tert-OH is 1. The van der Waals surface area contributed by atoms with Gasteiger partial charge in [0, 0.05) is 25.4 Å². The number of aliphatic hydroxyl groups is 1. The molecule has 0 aliphatic carbocycles. The maximum atomic E-state index is 13.6. The molecule has 1 heterocycles. The first-order valence-corrected chi connectivity index (χ1v) is 6.30. The Kier molecular flexibility index (Phi) is 4.16. The molecule has 1 aliphatic rings. The maximum absolute atomic E-state index is 13.6. The van der Waals surface area contributed by atoms with Crippen molar-refractivity contribution in [3.63, 3.8) is 0 Å². The van der Waals surface area contributed by atoms with Crippen LogP contribution in [0, 0.1) is 23.1 Å². The van der Waals surface area contributed by atoms with Gasteiger partial charge in [0.15, 0.2) is 0 Å². The number of hydrogen-bond donors (Lipinski definition) is 1. The van der Waals surface area contributed by atoms with E-state index in [4.69, 9.17) is 10.4 Å². The van der Waals surface area contributed by atoms with Crippen LogP contribution < -0.4 is 4.90 Å². The molecule has 0 bridgehead atoms. The van der Waals surface area contributed by atoms with Crippen LogP contribution in [0.2, 0.25) is 0 Å². The molecular weight excluding hydrogens is 231 g/mol. The summed E-state index contributed by atoms with van der Waals surface area (Å²) < 4.78 is 13.6. The van der Waals surface area contributed by atoms with Crippen LogP contribution in [0.5, 0.6) is 0 Å². The van der Waals surface area contributed by atoms with E-state index in [1.54, 1.807) is 6.07 Å². The molecule has 0 aromatic heterocycles. The molecule has 1 fully saturated rings. The van der Waals surface area contributed by atoms with Crippen molar-refractivity contribution in [1.29, 1.82) is 5.26 Å². The van der Waals surface area contributed by atoms with Crippen molar-refractivity contribution in [3.8, 4) is 6.07 Å². The zero-order chi connectivity index (χ0) is 13.0. The number of nitriles is 1. The fraction of sp³-hybridized carbons (Fsp3) is 0.500. The summed E-state index contributed by atoms with van der Waals surface area (Å²) in [6, 6.07) is 6.58. The predicted octanol–water partition coefficient (Wildman–Crippen LogP) is 2.30. The highest BCUT2D eigenvalue weighted by Crippen LogP contribution is 2.26. The molecular formula is C14H17FN2O. The normalized spacial score (nSPS) is 19.6. The lowest BCUT2D eigenvalue weighted by molar-refractivity contribution is 0.244. The molecule has 1 unspecified atom stereocenters. The third kappa shape index (κ3) is 2.80. The van der Waals surface area contributed by atoms with Crippen molar-refractivity contribution in [1.82, 2.24) is 0 Å². The van der Waals surface area contributed by atoms with E-state index in [1.165, 1.54) is 12.1 Å². The molecule has 3 nitrogen and oxygen atoms in total. The first-order chi connectivity index (χ1) is 8.74. The summed E-state index contributed by atoms with van der Waals surface area (Å²) in [4.78, 5) is 2.13. The molecule has 0 amide bonds. The number of halogens is 1. The molecule has 1 aromatic rings. The highest BCUT2D eigenvalue weighted by atomic mass is 19.1. The van der Waals surface area contributed by atoms with E-state index in [9.17, 15) is 4.39 Å². The van der Waals surface area contributed by atoms with Crippen LogP contribution in [-0.4, -0.2) is 24.8 Å². The molecule has 18 heavy (non-hydrogen) atoms. The molecule has 1 N–H and O–H groups in total. The standard InChI is InChI=1S/C14H17FN2O/c15-14-8-13(4-3-12(14)9-16)17-6-1-2-11(10-17)5-7-18/h3-4,8,11,18H,1-2,5-7,10H2. The van der Waals surface area contributed by atoms with Crippen LogP contribution in [0.15, 0.2) is 18.2 Å². The third-order valence-corrected chi connectivity index (χ3v) is 3.49. The summed E-state index contributed by atoms with van der Waals surface area (Å²) in [5.74, 6) is 0.0155. The van der Waals surface area contributed by atoms with E-state index in [0.29, 0.717) is 5.92 Å². The summed E-state index contributed by atoms with van der Waals surface area (Å²) in [5.41, 5.74) is 0.914. The Morgan fingerprint density at radius 2 is 2.33 bits per heavy atom. The molecule has 1 aliphatic heterocycles. The highest BCUT2D eigenvalue weighted by Gasteiger charge is 2.20. The Morgan fingerprint density at radius 3 is 3.00 bits per heavy atom. The number of hydrogen-bond acceptors (Lipinski definition) is 3.